The highest BCUT2D eigenvalue weighted by Gasteiger charge is 2.23. The first-order chi connectivity index (χ1) is 9.03. The first-order valence-corrected chi connectivity index (χ1v) is 7.94. The minimum atomic E-state index is -3.39. The summed E-state index contributed by atoms with van der Waals surface area (Å²) in [4.78, 5) is 0. The Labute approximate surface area is 114 Å². The molecule has 0 aromatic carbocycles. The van der Waals surface area contributed by atoms with Gasteiger partial charge in [0, 0.05) is 51.5 Å². The van der Waals surface area contributed by atoms with Gasteiger partial charge in [0.2, 0.25) is 0 Å². The average molecular weight is 287 g/mol. The second kappa shape index (κ2) is 6.00. The zero-order valence-corrected chi connectivity index (χ0v) is 12.2. The van der Waals surface area contributed by atoms with E-state index in [1.807, 2.05) is 20.2 Å². The Morgan fingerprint density at radius 3 is 2.74 bits per heavy atom. The van der Waals surface area contributed by atoms with E-state index in [1.54, 1.807) is 4.68 Å². The molecule has 0 radical (unpaired) electrons. The smallest absolute Gasteiger partial charge is 0.279 e. The normalized spacial score (nSPS) is 17.8. The lowest BCUT2D eigenvalue weighted by molar-refractivity contribution is 0.354. The summed E-state index contributed by atoms with van der Waals surface area (Å²) in [6, 6.07) is 0. The monoisotopic (exact) mass is 287 g/mol. The molecule has 1 aliphatic rings. The van der Waals surface area contributed by atoms with Crippen molar-refractivity contribution in [3.8, 4) is 0 Å². The highest BCUT2D eigenvalue weighted by molar-refractivity contribution is 7.87. The van der Waals surface area contributed by atoms with E-state index in [9.17, 15) is 8.42 Å². The van der Waals surface area contributed by atoms with Crippen LogP contribution in [0.1, 0.15) is 18.2 Å². The van der Waals surface area contributed by atoms with E-state index >= 15 is 0 Å². The molecule has 2 rings (SSSR count). The second-order valence-electron chi connectivity index (χ2n) is 4.60. The van der Waals surface area contributed by atoms with Crippen LogP contribution in [0.2, 0.25) is 0 Å². The molecule has 8 heteroatoms. The van der Waals surface area contributed by atoms with Crippen LogP contribution in [0.25, 0.3) is 0 Å². The maximum absolute atomic E-state index is 12.1. The van der Waals surface area contributed by atoms with Crippen LogP contribution < -0.4 is 10.0 Å². The third-order valence-electron chi connectivity index (χ3n) is 3.19. The van der Waals surface area contributed by atoms with Crippen LogP contribution in [0.15, 0.2) is 6.20 Å². The van der Waals surface area contributed by atoms with Gasteiger partial charge in [-0.05, 0) is 6.42 Å². The van der Waals surface area contributed by atoms with Gasteiger partial charge in [0.15, 0.2) is 0 Å². The van der Waals surface area contributed by atoms with Crippen molar-refractivity contribution in [3.05, 3.63) is 17.5 Å². The third-order valence-corrected chi connectivity index (χ3v) is 4.74. The molecule has 1 aliphatic heterocycles. The predicted octanol–water partition coefficient (Wildman–Crippen LogP) is -0.778. The molecule has 1 aromatic heterocycles. The number of piperazine rings is 1. The molecular weight excluding hydrogens is 266 g/mol. The number of hydrogen-bond donors (Lipinski definition) is 2. The van der Waals surface area contributed by atoms with E-state index in [4.69, 9.17) is 0 Å². The van der Waals surface area contributed by atoms with Crippen LogP contribution in [0.3, 0.4) is 0 Å². The largest absolute Gasteiger partial charge is 0.314 e. The highest BCUT2D eigenvalue weighted by Crippen LogP contribution is 2.08. The first kappa shape index (κ1) is 14.4. The van der Waals surface area contributed by atoms with Crippen LogP contribution in [0.4, 0.5) is 0 Å². The Bertz CT molecular complexity index is 519. The van der Waals surface area contributed by atoms with Gasteiger partial charge in [-0.1, -0.05) is 6.92 Å². The highest BCUT2D eigenvalue weighted by atomic mass is 32.2. The Balaban J connectivity index is 2.00. The fourth-order valence-electron chi connectivity index (χ4n) is 2.17. The number of nitrogens with zero attached hydrogens (tertiary/aromatic N) is 3. The van der Waals surface area contributed by atoms with Gasteiger partial charge in [0.05, 0.1) is 5.69 Å². The van der Waals surface area contributed by atoms with Gasteiger partial charge in [-0.2, -0.15) is 22.5 Å². The van der Waals surface area contributed by atoms with E-state index in [1.165, 1.54) is 4.31 Å². The minimum Gasteiger partial charge on any atom is -0.314 e. The summed E-state index contributed by atoms with van der Waals surface area (Å²) in [7, 11) is -1.55. The quantitative estimate of drug-likeness (QED) is 0.745. The molecule has 0 aliphatic carbocycles. The third kappa shape index (κ3) is 3.53. The maximum Gasteiger partial charge on any atom is 0.279 e. The van der Waals surface area contributed by atoms with Crippen molar-refractivity contribution in [2.45, 2.75) is 19.9 Å². The summed E-state index contributed by atoms with van der Waals surface area (Å²) >= 11 is 0. The standard InChI is InChI=1S/C11H21N5O2S/c1-3-11-10(9-15(2)14-11)8-13-19(17,18)16-6-4-12-5-7-16/h9,12-13H,3-8H2,1-2H3. The minimum absolute atomic E-state index is 0.295. The number of aryl methyl sites for hydroxylation is 2. The molecule has 0 atom stereocenters. The Hall–Kier alpha value is -0.960. The molecule has 0 saturated carbocycles. The van der Waals surface area contributed by atoms with Gasteiger partial charge in [-0.15, -0.1) is 0 Å². The van der Waals surface area contributed by atoms with Crippen LogP contribution in [-0.4, -0.2) is 48.7 Å². The van der Waals surface area contributed by atoms with Crippen molar-refractivity contribution in [2.24, 2.45) is 7.05 Å². The Morgan fingerprint density at radius 1 is 1.42 bits per heavy atom. The van der Waals surface area contributed by atoms with Gasteiger partial charge in [-0.25, -0.2) is 0 Å². The molecule has 0 amide bonds. The molecule has 19 heavy (non-hydrogen) atoms. The van der Waals surface area contributed by atoms with Crippen molar-refractivity contribution in [2.75, 3.05) is 26.2 Å². The van der Waals surface area contributed by atoms with Gasteiger partial charge >= 0.3 is 0 Å². The maximum atomic E-state index is 12.1. The Morgan fingerprint density at radius 2 is 2.11 bits per heavy atom. The summed E-state index contributed by atoms with van der Waals surface area (Å²) in [5.41, 5.74) is 1.87. The number of hydrogen-bond acceptors (Lipinski definition) is 4. The molecule has 0 bridgehead atoms. The zero-order valence-electron chi connectivity index (χ0n) is 11.4. The summed E-state index contributed by atoms with van der Waals surface area (Å²) in [6.45, 7) is 4.74. The van der Waals surface area contributed by atoms with Crippen molar-refractivity contribution in [1.29, 1.82) is 0 Å². The molecule has 0 spiro atoms. The average Bonchev–Trinajstić information content (AvgIpc) is 2.78. The van der Waals surface area contributed by atoms with E-state index in [-0.39, 0.29) is 0 Å². The number of nitrogens with one attached hydrogen (secondary N) is 2. The summed E-state index contributed by atoms with van der Waals surface area (Å²) in [5, 5.41) is 7.44. The van der Waals surface area contributed by atoms with Gasteiger partial charge in [0.1, 0.15) is 0 Å². The summed E-state index contributed by atoms with van der Waals surface area (Å²) in [6.07, 6.45) is 2.66. The van der Waals surface area contributed by atoms with E-state index in [2.05, 4.69) is 15.1 Å². The lowest BCUT2D eigenvalue weighted by atomic mass is 10.2. The molecule has 1 saturated heterocycles. The van der Waals surface area contributed by atoms with Crippen LogP contribution in [0, 0.1) is 0 Å². The van der Waals surface area contributed by atoms with Crippen LogP contribution in [0.5, 0.6) is 0 Å². The van der Waals surface area contributed by atoms with E-state index < -0.39 is 10.2 Å². The molecule has 7 nitrogen and oxygen atoms in total. The summed E-state index contributed by atoms with van der Waals surface area (Å²) < 4.78 is 30.1. The van der Waals surface area contributed by atoms with Crippen molar-refractivity contribution < 1.29 is 8.42 Å². The molecule has 1 fully saturated rings. The second-order valence-corrected chi connectivity index (χ2v) is 6.36. The fourth-order valence-corrected chi connectivity index (χ4v) is 3.36. The molecule has 2 heterocycles. The van der Waals surface area contributed by atoms with Crippen molar-refractivity contribution in [3.63, 3.8) is 0 Å². The summed E-state index contributed by atoms with van der Waals surface area (Å²) in [5.74, 6) is 0. The van der Waals surface area contributed by atoms with Gasteiger partial charge in [0.25, 0.3) is 10.2 Å². The lowest BCUT2D eigenvalue weighted by Gasteiger charge is -2.26. The Kier molecular flexibility index (Phi) is 4.56. The lowest BCUT2D eigenvalue weighted by Crippen LogP contribution is -2.50. The van der Waals surface area contributed by atoms with Crippen molar-refractivity contribution in [1.82, 2.24) is 24.1 Å². The van der Waals surface area contributed by atoms with E-state index in [0.717, 1.165) is 17.7 Å². The predicted molar refractivity (Wildman–Crippen MR) is 72.8 cm³/mol. The topological polar surface area (TPSA) is 79.3 Å². The number of aromatic nitrogens is 2. The molecule has 0 unspecified atom stereocenters. The molecule has 108 valence electrons. The van der Waals surface area contributed by atoms with Crippen LogP contribution in [-0.2, 0) is 30.2 Å². The molecule has 1 aromatic rings. The molecule has 2 N–H and O–H groups in total. The molecular formula is C11H21N5O2S. The van der Waals surface area contributed by atoms with Crippen LogP contribution >= 0.6 is 0 Å². The van der Waals surface area contributed by atoms with E-state index in [0.29, 0.717) is 32.7 Å². The zero-order chi connectivity index (χ0) is 13.9. The SMILES string of the molecule is CCc1nn(C)cc1CNS(=O)(=O)N1CCNCC1. The van der Waals surface area contributed by atoms with Crippen molar-refractivity contribution >= 4 is 10.2 Å². The fraction of sp³-hybridized carbons (Fsp3) is 0.727. The first-order valence-electron chi connectivity index (χ1n) is 6.50. The number of rotatable bonds is 5. The van der Waals surface area contributed by atoms with Gasteiger partial charge in [-0.3, -0.25) is 4.68 Å². The van der Waals surface area contributed by atoms with Gasteiger partial charge < -0.3 is 5.32 Å².